The zero-order valence-corrected chi connectivity index (χ0v) is 8.29. The Balaban J connectivity index is 2.22. The average Bonchev–Trinajstić information content (AvgIpc) is 2.26. The summed E-state index contributed by atoms with van der Waals surface area (Å²) in [7, 11) is 0. The molecule has 0 aromatic rings. The lowest BCUT2D eigenvalue weighted by atomic mass is 10.1. The number of aliphatic hydroxyl groups excluding tert-OH is 1. The smallest absolute Gasteiger partial charge is 0.265 e. The first-order valence-corrected chi connectivity index (χ1v) is 4.97. The molecule has 4 nitrogen and oxygen atoms in total. The van der Waals surface area contributed by atoms with E-state index < -0.39 is 31.1 Å². The van der Waals surface area contributed by atoms with Crippen LogP contribution in [0.15, 0.2) is 0 Å². The summed E-state index contributed by atoms with van der Waals surface area (Å²) in [4.78, 5) is 11.3. The minimum Gasteiger partial charge on any atom is -0.385 e. The van der Waals surface area contributed by atoms with E-state index in [9.17, 15) is 13.6 Å². The van der Waals surface area contributed by atoms with Gasteiger partial charge in [0.05, 0.1) is 0 Å². The Hall–Kier alpha value is -0.750. The fraction of sp³-hybridized carbons (Fsp3) is 0.889. The molecule has 0 radical (unpaired) electrons. The number of carbonyl (C=O) groups excluding carboxylic acids is 1. The van der Waals surface area contributed by atoms with Gasteiger partial charge < -0.3 is 15.2 Å². The van der Waals surface area contributed by atoms with Crippen molar-refractivity contribution in [1.29, 1.82) is 0 Å². The highest BCUT2D eigenvalue weighted by molar-refractivity contribution is 5.80. The predicted molar refractivity (Wildman–Crippen MR) is 48.6 cm³/mol. The summed E-state index contributed by atoms with van der Waals surface area (Å²) >= 11 is 0. The molecular formula is C9H15F2NO3. The summed E-state index contributed by atoms with van der Waals surface area (Å²) in [6.07, 6.45) is -2.77. The molecule has 2 atom stereocenters. The Morgan fingerprint density at radius 3 is 2.80 bits per heavy atom. The SMILES string of the molecule is O=C(NCC(O)C(F)F)C1CCCCO1. The van der Waals surface area contributed by atoms with Gasteiger partial charge in [-0.15, -0.1) is 0 Å². The molecule has 1 fully saturated rings. The first-order chi connectivity index (χ1) is 7.11. The second-order valence-electron chi connectivity index (χ2n) is 3.50. The lowest BCUT2D eigenvalue weighted by molar-refractivity contribution is -0.136. The van der Waals surface area contributed by atoms with E-state index in [1.54, 1.807) is 0 Å². The molecule has 2 N–H and O–H groups in total. The molecular weight excluding hydrogens is 208 g/mol. The normalized spacial score (nSPS) is 23.9. The molecule has 1 saturated heterocycles. The van der Waals surface area contributed by atoms with Crippen molar-refractivity contribution in [3.8, 4) is 0 Å². The van der Waals surface area contributed by atoms with Gasteiger partial charge in [-0.05, 0) is 19.3 Å². The highest BCUT2D eigenvalue weighted by Gasteiger charge is 2.24. The first kappa shape index (κ1) is 12.3. The van der Waals surface area contributed by atoms with E-state index in [0.29, 0.717) is 13.0 Å². The van der Waals surface area contributed by atoms with E-state index >= 15 is 0 Å². The number of alkyl halides is 2. The van der Waals surface area contributed by atoms with Crippen LogP contribution in [0.4, 0.5) is 8.78 Å². The largest absolute Gasteiger partial charge is 0.385 e. The number of amides is 1. The highest BCUT2D eigenvalue weighted by Crippen LogP contribution is 2.12. The van der Waals surface area contributed by atoms with Crippen LogP contribution in [0.3, 0.4) is 0 Å². The molecule has 0 aromatic heterocycles. The zero-order valence-electron chi connectivity index (χ0n) is 8.29. The van der Waals surface area contributed by atoms with Gasteiger partial charge in [-0.2, -0.15) is 0 Å². The van der Waals surface area contributed by atoms with Crippen molar-refractivity contribution < 1.29 is 23.4 Å². The summed E-state index contributed by atoms with van der Waals surface area (Å²) in [5, 5.41) is 11.0. The topological polar surface area (TPSA) is 58.6 Å². The third kappa shape index (κ3) is 4.09. The maximum atomic E-state index is 11.9. The second-order valence-corrected chi connectivity index (χ2v) is 3.50. The molecule has 88 valence electrons. The Labute approximate surface area is 86.6 Å². The van der Waals surface area contributed by atoms with Crippen LogP contribution < -0.4 is 5.32 Å². The van der Waals surface area contributed by atoms with Crippen LogP contribution in [-0.4, -0.2) is 42.8 Å². The Morgan fingerprint density at radius 1 is 1.53 bits per heavy atom. The van der Waals surface area contributed by atoms with Gasteiger partial charge in [0.2, 0.25) is 5.91 Å². The standard InChI is InChI=1S/C9H15F2NO3/c10-8(11)6(13)5-12-9(14)7-3-1-2-4-15-7/h6-8,13H,1-5H2,(H,12,14). The number of carbonyl (C=O) groups is 1. The number of aliphatic hydroxyl groups is 1. The molecule has 15 heavy (non-hydrogen) atoms. The Kier molecular flexibility index (Phi) is 4.90. The van der Waals surface area contributed by atoms with Crippen molar-refractivity contribution in [2.24, 2.45) is 0 Å². The molecule has 1 aliphatic rings. The van der Waals surface area contributed by atoms with Crippen molar-refractivity contribution in [1.82, 2.24) is 5.32 Å². The molecule has 0 aliphatic carbocycles. The van der Waals surface area contributed by atoms with E-state index in [1.165, 1.54) is 0 Å². The number of halogens is 2. The summed E-state index contributed by atoms with van der Waals surface area (Å²) in [6.45, 7) is 0.0891. The fourth-order valence-corrected chi connectivity index (χ4v) is 1.36. The summed E-state index contributed by atoms with van der Waals surface area (Å²) in [5.74, 6) is -0.422. The van der Waals surface area contributed by atoms with Crippen molar-refractivity contribution in [2.45, 2.75) is 37.9 Å². The van der Waals surface area contributed by atoms with E-state index in [2.05, 4.69) is 5.32 Å². The quantitative estimate of drug-likeness (QED) is 0.720. The van der Waals surface area contributed by atoms with E-state index in [-0.39, 0.29) is 0 Å². The van der Waals surface area contributed by atoms with Gasteiger partial charge in [-0.1, -0.05) is 0 Å². The van der Waals surface area contributed by atoms with Crippen molar-refractivity contribution >= 4 is 5.91 Å². The fourth-order valence-electron chi connectivity index (χ4n) is 1.36. The summed E-state index contributed by atoms with van der Waals surface area (Å²) in [6, 6.07) is 0. The van der Waals surface area contributed by atoms with Crippen LogP contribution in [0.2, 0.25) is 0 Å². The van der Waals surface area contributed by atoms with E-state index in [1.807, 2.05) is 0 Å². The molecule has 6 heteroatoms. The predicted octanol–water partition coefficient (Wildman–Crippen LogP) is 0.298. The number of hydrogen-bond acceptors (Lipinski definition) is 3. The second kappa shape index (κ2) is 5.97. The maximum absolute atomic E-state index is 11.9. The molecule has 0 spiro atoms. The Bertz CT molecular complexity index is 208. The van der Waals surface area contributed by atoms with Crippen molar-refractivity contribution in [3.05, 3.63) is 0 Å². The van der Waals surface area contributed by atoms with Crippen molar-refractivity contribution in [2.75, 3.05) is 13.2 Å². The highest BCUT2D eigenvalue weighted by atomic mass is 19.3. The molecule has 1 heterocycles. The van der Waals surface area contributed by atoms with E-state index in [4.69, 9.17) is 9.84 Å². The van der Waals surface area contributed by atoms with Crippen LogP contribution in [0.1, 0.15) is 19.3 Å². The third-order valence-electron chi connectivity index (χ3n) is 2.25. The van der Waals surface area contributed by atoms with Gasteiger partial charge >= 0.3 is 0 Å². The van der Waals surface area contributed by atoms with Crippen LogP contribution in [0.5, 0.6) is 0 Å². The molecule has 1 rings (SSSR count). The minimum atomic E-state index is -2.84. The third-order valence-corrected chi connectivity index (χ3v) is 2.25. The van der Waals surface area contributed by atoms with Gasteiger partial charge in [-0.25, -0.2) is 8.78 Å². The van der Waals surface area contributed by atoms with Crippen molar-refractivity contribution in [3.63, 3.8) is 0 Å². The van der Waals surface area contributed by atoms with E-state index in [0.717, 1.165) is 12.8 Å². The number of hydrogen-bond donors (Lipinski definition) is 2. The van der Waals surface area contributed by atoms with Gasteiger partial charge in [0, 0.05) is 13.2 Å². The molecule has 1 aliphatic heterocycles. The zero-order chi connectivity index (χ0) is 11.3. The maximum Gasteiger partial charge on any atom is 0.265 e. The van der Waals surface area contributed by atoms with Gasteiger partial charge in [0.25, 0.3) is 6.43 Å². The van der Waals surface area contributed by atoms with Crippen LogP contribution in [-0.2, 0) is 9.53 Å². The molecule has 0 bridgehead atoms. The van der Waals surface area contributed by atoms with Crippen LogP contribution >= 0.6 is 0 Å². The first-order valence-electron chi connectivity index (χ1n) is 4.97. The number of rotatable bonds is 4. The minimum absolute atomic E-state index is 0.422. The van der Waals surface area contributed by atoms with Gasteiger partial charge in [0.1, 0.15) is 12.2 Å². The lowest BCUT2D eigenvalue weighted by Gasteiger charge is -2.22. The average molecular weight is 223 g/mol. The van der Waals surface area contributed by atoms with Crippen LogP contribution in [0, 0.1) is 0 Å². The molecule has 2 unspecified atom stereocenters. The van der Waals surface area contributed by atoms with Crippen LogP contribution in [0.25, 0.3) is 0 Å². The number of ether oxygens (including phenoxy) is 1. The number of nitrogens with one attached hydrogen (secondary N) is 1. The molecule has 0 saturated carbocycles. The summed E-state index contributed by atoms with van der Waals surface area (Å²) in [5.41, 5.74) is 0. The van der Waals surface area contributed by atoms with Gasteiger partial charge in [0.15, 0.2) is 0 Å². The Morgan fingerprint density at radius 2 is 2.27 bits per heavy atom. The lowest BCUT2D eigenvalue weighted by Crippen LogP contribution is -2.43. The summed E-state index contributed by atoms with van der Waals surface area (Å²) < 4.78 is 28.9. The van der Waals surface area contributed by atoms with Gasteiger partial charge in [-0.3, -0.25) is 4.79 Å². The molecule has 0 aromatic carbocycles. The molecule has 1 amide bonds. The monoisotopic (exact) mass is 223 g/mol.